The van der Waals surface area contributed by atoms with Gasteiger partial charge in [-0.15, -0.1) is 0 Å². The number of likely N-dealkylation sites (tertiary alicyclic amines) is 1. The number of nitrogens with zero attached hydrogens (tertiary/aromatic N) is 2. The minimum Gasteiger partial charge on any atom is -0.478 e. The first-order chi connectivity index (χ1) is 10.0. The van der Waals surface area contributed by atoms with Crippen LogP contribution in [-0.2, 0) is 6.54 Å². The minimum atomic E-state index is -1.07. The van der Waals surface area contributed by atoms with Crippen molar-refractivity contribution >= 4 is 5.97 Å². The van der Waals surface area contributed by atoms with Gasteiger partial charge >= 0.3 is 5.97 Å². The van der Waals surface area contributed by atoms with Crippen molar-refractivity contribution in [2.75, 3.05) is 26.2 Å². The Bertz CT molecular complexity index is 503. The SMILES string of the molecule is CCN(CC)C1CCN(Cc2ccc(F)cc2C(=O)O)C1. The van der Waals surface area contributed by atoms with Crippen molar-refractivity contribution in [3.05, 3.63) is 35.1 Å². The van der Waals surface area contributed by atoms with Crippen LogP contribution in [0.15, 0.2) is 18.2 Å². The van der Waals surface area contributed by atoms with Crippen LogP contribution in [0.4, 0.5) is 4.39 Å². The molecule has 0 bridgehead atoms. The Balaban J connectivity index is 2.05. The molecule has 1 aromatic carbocycles. The molecule has 0 aromatic heterocycles. The van der Waals surface area contributed by atoms with Gasteiger partial charge in [0.25, 0.3) is 0 Å². The maximum absolute atomic E-state index is 13.2. The third-order valence-corrected chi connectivity index (χ3v) is 4.27. The summed E-state index contributed by atoms with van der Waals surface area (Å²) in [5, 5.41) is 9.19. The van der Waals surface area contributed by atoms with Crippen molar-refractivity contribution in [2.45, 2.75) is 32.9 Å². The Morgan fingerprint density at radius 1 is 1.43 bits per heavy atom. The Labute approximate surface area is 125 Å². The van der Waals surface area contributed by atoms with Gasteiger partial charge < -0.3 is 5.11 Å². The van der Waals surface area contributed by atoms with E-state index in [0.29, 0.717) is 18.2 Å². The minimum absolute atomic E-state index is 0.0706. The van der Waals surface area contributed by atoms with E-state index in [1.54, 1.807) is 6.07 Å². The van der Waals surface area contributed by atoms with Gasteiger partial charge in [-0.05, 0) is 37.2 Å². The smallest absolute Gasteiger partial charge is 0.336 e. The van der Waals surface area contributed by atoms with Crippen LogP contribution in [0.2, 0.25) is 0 Å². The van der Waals surface area contributed by atoms with Crippen LogP contribution in [0.5, 0.6) is 0 Å². The van der Waals surface area contributed by atoms with Crippen LogP contribution in [0.25, 0.3) is 0 Å². The molecule has 1 unspecified atom stereocenters. The summed E-state index contributed by atoms with van der Waals surface area (Å²) in [5.74, 6) is -1.57. The van der Waals surface area contributed by atoms with Crippen molar-refractivity contribution in [1.82, 2.24) is 9.80 Å². The summed E-state index contributed by atoms with van der Waals surface area (Å²) in [4.78, 5) is 15.9. The number of halogens is 1. The first-order valence-electron chi connectivity index (χ1n) is 7.53. The second kappa shape index (κ2) is 7.00. The molecule has 21 heavy (non-hydrogen) atoms. The second-order valence-electron chi connectivity index (χ2n) is 5.51. The monoisotopic (exact) mass is 294 g/mol. The van der Waals surface area contributed by atoms with E-state index in [-0.39, 0.29) is 5.56 Å². The van der Waals surface area contributed by atoms with E-state index < -0.39 is 11.8 Å². The summed E-state index contributed by atoms with van der Waals surface area (Å²) in [6.45, 7) is 8.86. The maximum Gasteiger partial charge on any atom is 0.336 e. The zero-order chi connectivity index (χ0) is 15.4. The van der Waals surface area contributed by atoms with E-state index in [4.69, 9.17) is 0 Å². The summed E-state index contributed by atoms with van der Waals surface area (Å²) in [5.41, 5.74) is 0.755. The van der Waals surface area contributed by atoms with Crippen LogP contribution < -0.4 is 0 Å². The van der Waals surface area contributed by atoms with Gasteiger partial charge in [0.2, 0.25) is 0 Å². The van der Waals surface area contributed by atoms with E-state index >= 15 is 0 Å². The number of benzene rings is 1. The lowest BCUT2D eigenvalue weighted by Crippen LogP contribution is -2.37. The molecule has 1 N–H and O–H groups in total. The fraction of sp³-hybridized carbons (Fsp3) is 0.562. The molecule has 1 aliphatic heterocycles. The summed E-state index contributed by atoms with van der Waals surface area (Å²) >= 11 is 0. The molecule has 0 radical (unpaired) electrons. The summed E-state index contributed by atoms with van der Waals surface area (Å²) in [6, 6.07) is 4.56. The molecule has 116 valence electrons. The largest absolute Gasteiger partial charge is 0.478 e. The fourth-order valence-corrected chi connectivity index (χ4v) is 3.12. The molecule has 0 saturated carbocycles. The third kappa shape index (κ3) is 3.80. The lowest BCUT2D eigenvalue weighted by atomic mass is 10.1. The molecule has 4 nitrogen and oxygen atoms in total. The van der Waals surface area contributed by atoms with Gasteiger partial charge in [-0.3, -0.25) is 9.80 Å². The standard InChI is InChI=1S/C16H23FN2O2/c1-3-19(4-2)14-7-8-18(11-14)10-12-5-6-13(17)9-15(12)16(20)21/h5-6,9,14H,3-4,7-8,10-11H2,1-2H3,(H,20,21). The van der Waals surface area contributed by atoms with Gasteiger partial charge in [-0.2, -0.15) is 0 Å². The molecular formula is C16H23FN2O2. The number of carboxylic acid groups (broad SMARTS) is 1. The van der Waals surface area contributed by atoms with Crippen molar-refractivity contribution in [1.29, 1.82) is 0 Å². The van der Waals surface area contributed by atoms with E-state index in [0.717, 1.165) is 38.7 Å². The normalized spacial score (nSPS) is 19.3. The zero-order valence-corrected chi connectivity index (χ0v) is 12.7. The van der Waals surface area contributed by atoms with E-state index in [2.05, 4.69) is 23.6 Å². The molecule has 1 fully saturated rings. The van der Waals surface area contributed by atoms with Gasteiger partial charge in [0, 0.05) is 25.7 Å². The molecule has 5 heteroatoms. The first-order valence-corrected chi connectivity index (χ1v) is 7.53. The molecule has 1 heterocycles. The Hall–Kier alpha value is -1.46. The predicted octanol–water partition coefficient (Wildman–Crippen LogP) is 2.44. The van der Waals surface area contributed by atoms with Crippen LogP contribution >= 0.6 is 0 Å². The molecule has 0 amide bonds. The summed E-state index contributed by atoms with van der Waals surface area (Å²) in [6.07, 6.45) is 1.10. The molecule has 0 aliphatic carbocycles. The highest BCUT2D eigenvalue weighted by atomic mass is 19.1. The number of carboxylic acids is 1. The Kier molecular flexibility index (Phi) is 5.31. The van der Waals surface area contributed by atoms with Crippen molar-refractivity contribution in [2.24, 2.45) is 0 Å². The molecular weight excluding hydrogens is 271 g/mol. The fourth-order valence-electron chi connectivity index (χ4n) is 3.12. The van der Waals surface area contributed by atoms with Crippen molar-refractivity contribution < 1.29 is 14.3 Å². The molecule has 1 atom stereocenters. The quantitative estimate of drug-likeness (QED) is 0.875. The van der Waals surface area contributed by atoms with Crippen LogP contribution in [0.3, 0.4) is 0 Å². The molecule has 1 saturated heterocycles. The van der Waals surface area contributed by atoms with Crippen molar-refractivity contribution in [3.63, 3.8) is 0 Å². The van der Waals surface area contributed by atoms with Crippen LogP contribution in [0.1, 0.15) is 36.2 Å². The lowest BCUT2D eigenvalue weighted by molar-refractivity contribution is 0.0694. The van der Waals surface area contributed by atoms with Gasteiger partial charge in [0.1, 0.15) is 5.82 Å². The van der Waals surface area contributed by atoms with Crippen LogP contribution in [-0.4, -0.2) is 53.1 Å². The number of aromatic carboxylic acids is 1. The second-order valence-corrected chi connectivity index (χ2v) is 5.51. The zero-order valence-electron chi connectivity index (χ0n) is 12.7. The summed E-state index contributed by atoms with van der Waals surface area (Å²) < 4.78 is 13.2. The number of likely N-dealkylation sites (N-methyl/N-ethyl adjacent to an activating group) is 1. The first kappa shape index (κ1) is 15.9. The van der Waals surface area contributed by atoms with Gasteiger partial charge in [-0.1, -0.05) is 19.9 Å². The Morgan fingerprint density at radius 2 is 2.14 bits per heavy atom. The van der Waals surface area contributed by atoms with E-state index in [1.165, 1.54) is 6.07 Å². The number of carbonyl (C=O) groups is 1. The van der Waals surface area contributed by atoms with E-state index in [1.807, 2.05) is 0 Å². The van der Waals surface area contributed by atoms with Crippen molar-refractivity contribution in [3.8, 4) is 0 Å². The van der Waals surface area contributed by atoms with E-state index in [9.17, 15) is 14.3 Å². The number of rotatable bonds is 6. The average molecular weight is 294 g/mol. The third-order valence-electron chi connectivity index (χ3n) is 4.27. The molecule has 1 aromatic rings. The molecule has 2 rings (SSSR count). The highest BCUT2D eigenvalue weighted by molar-refractivity contribution is 5.89. The Morgan fingerprint density at radius 3 is 2.76 bits per heavy atom. The average Bonchev–Trinajstić information content (AvgIpc) is 2.90. The summed E-state index contributed by atoms with van der Waals surface area (Å²) in [7, 11) is 0. The lowest BCUT2D eigenvalue weighted by Gasteiger charge is -2.26. The topological polar surface area (TPSA) is 43.8 Å². The number of hydrogen-bond acceptors (Lipinski definition) is 3. The van der Waals surface area contributed by atoms with Gasteiger partial charge in [-0.25, -0.2) is 9.18 Å². The molecule has 0 spiro atoms. The highest BCUT2D eigenvalue weighted by Gasteiger charge is 2.26. The van der Waals surface area contributed by atoms with Gasteiger partial charge in [0.05, 0.1) is 5.56 Å². The predicted molar refractivity (Wildman–Crippen MR) is 80.0 cm³/mol. The van der Waals surface area contributed by atoms with Gasteiger partial charge in [0.15, 0.2) is 0 Å². The number of hydrogen-bond donors (Lipinski definition) is 1. The highest BCUT2D eigenvalue weighted by Crippen LogP contribution is 2.20. The molecule has 1 aliphatic rings. The van der Waals surface area contributed by atoms with Crippen LogP contribution in [0, 0.1) is 5.82 Å². The maximum atomic E-state index is 13.2.